The molecule has 0 aliphatic carbocycles. The number of hydrogen-bond donors (Lipinski definition) is 4. The molecule has 1 aliphatic heterocycles. The van der Waals surface area contributed by atoms with Gasteiger partial charge in [0, 0.05) is 12.8 Å². The normalized spacial score (nSPS) is 22.4. The zero-order chi connectivity index (χ0) is 33.8. The van der Waals surface area contributed by atoms with Crippen molar-refractivity contribution in [2.45, 2.75) is 173 Å². The third kappa shape index (κ3) is 20.4. The Morgan fingerprint density at radius 3 is 1.85 bits per heavy atom. The van der Waals surface area contributed by atoms with Gasteiger partial charge >= 0.3 is 11.9 Å². The van der Waals surface area contributed by atoms with Crippen LogP contribution in [0.4, 0.5) is 0 Å². The Balaban J connectivity index is 2.33. The van der Waals surface area contributed by atoms with E-state index in [4.69, 9.17) is 18.9 Å². The monoisotopic (exact) mass is 656 g/mol. The maximum atomic E-state index is 12.6. The molecule has 6 unspecified atom stereocenters. The van der Waals surface area contributed by atoms with Gasteiger partial charge in [-0.25, -0.2) is 0 Å². The molecule has 0 aromatic heterocycles. The van der Waals surface area contributed by atoms with Crippen LogP contribution in [0.25, 0.3) is 0 Å². The van der Waals surface area contributed by atoms with Gasteiger partial charge in [0.1, 0.15) is 31.0 Å². The first-order valence-corrected chi connectivity index (χ1v) is 17.9. The van der Waals surface area contributed by atoms with Gasteiger partial charge in [0.05, 0.1) is 13.2 Å². The van der Waals surface area contributed by atoms with E-state index in [0.29, 0.717) is 12.8 Å². The summed E-state index contributed by atoms with van der Waals surface area (Å²) in [6.45, 7) is 3.23. The second-order valence-electron chi connectivity index (χ2n) is 12.3. The van der Waals surface area contributed by atoms with Crippen molar-refractivity contribution in [2.24, 2.45) is 0 Å². The summed E-state index contributed by atoms with van der Waals surface area (Å²) in [5.74, 6) is -0.838. The highest BCUT2D eigenvalue weighted by atomic mass is 16.7. The molecule has 1 heterocycles. The Labute approximate surface area is 277 Å². The molecule has 46 heavy (non-hydrogen) atoms. The summed E-state index contributed by atoms with van der Waals surface area (Å²) < 4.78 is 21.8. The molecule has 10 heteroatoms. The number of aliphatic hydroxyl groups is 4. The third-order valence-corrected chi connectivity index (χ3v) is 8.09. The summed E-state index contributed by atoms with van der Waals surface area (Å²) in [7, 11) is 0. The van der Waals surface area contributed by atoms with Gasteiger partial charge in [-0.15, -0.1) is 0 Å². The molecule has 0 radical (unpaired) electrons. The van der Waals surface area contributed by atoms with Crippen LogP contribution in [0.15, 0.2) is 24.3 Å². The molecule has 6 atom stereocenters. The Bertz CT molecular complexity index is 815. The van der Waals surface area contributed by atoms with Crippen molar-refractivity contribution in [1.29, 1.82) is 0 Å². The first-order chi connectivity index (χ1) is 22.3. The van der Waals surface area contributed by atoms with Crippen LogP contribution in [-0.4, -0.2) is 89.0 Å². The molecule has 1 rings (SSSR count). The van der Waals surface area contributed by atoms with E-state index in [0.717, 1.165) is 51.4 Å². The lowest BCUT2D eigenvalue weighted by molar-refractivity contribution is -0.305. The number of allylic oxidation sites excluding steroid dienone is 4. The van der Waals surface area contributed by atoms with Crippen molar-refractivity contribution >= 4 is 11.9 Å². The first-order valence-electron chi connectivity index (χ1n) is 17.9. The van der Waals surface area contributed by atoms with E-state index in [9.17, 15) is 30.0 Å². The van der Waals surface area contributed by atoms with Crippen molar-refractivity contribution in [3.63, 3.8) is 0 Å². The minimum Gasteiger partial charge on any atom is -0.462 e. The molecule has 0 aromatic carbocycles. The highest BCUT2D eigenvalue weighted by molar-refractivity contribution is 5.70. The van der Waals surface area contributed by atoms with Crippen LogP contribution < -0.4 is 0 Å². The summed E-state index contributed by atoms with van der Waals surface area (Å²) in [4.78, 5) is 24.8. The smallest absolute Gasteiger partial charge is 0.306 e. The van der Waals surface area contributed by atoms with Crippen LogP contribution in [-0.2, 0) is 28.5 Å². The fourth-order valence-corrected chi connectivity index (χ4v) is 5.16. The molecule has 1 saturated heterocycles. The van der Waals surface area contributed by atoms with E-state index < -0.39 is 55.4 Å². The Hall–Kier alpha value is -1.82. The van der Waals surface area contributed by atoms with Crippen molar-refractivity contribution in [2.75, 3.05) is 19.8 Å². The quantitative estimate of drug-likeness (QED) is 0.0460. The molecular formula is C36H64O10. The van der Waals surface area contributed by atoms with Crippen molar-refractivity contribution in [1.82, 2.24) is 0 Å². The number of hydrogen-bond acceptors (Lipinski definition) is 10. The van der Waals surface area contributed by atoms with E-state index >= 15 is 0 Å². The van der Waals surface area contributed by atoms with Crippen LogP contribution in [0.3, 0.4) is 0 Å². The van der Waals surface area contributed by atoms with E-state index in [1.807, 2.05) is 0 Å². The maximum absolute atomic E-state index is 12.6. The average molecular weight is 657 g/mol. The summed E-state index contributed by atoms with van der Waals surface area (Å²) >= 11 is 0. The van der Waals surface area contributed by atoms with Gasteiger partial charge in [0.15, 0.2) is 12.4 Å². The van der Waals surface area contributed by atoms with Crippen molar-refractivity contribution < 1.29 is 49.0 Å². The van der Waals surface area contributed by atoms with Gasteiger partial charge in [0.2, 0.25) is 0 Å². The van der Waals surface area contributed by atoms with E-state index in [-0.39, 0.29) is 26.1 Å². The number of carbonyl (C=O) groups excluding carboxylic acids is 2. The molecule has 0 spiro atoms. The van der Waals surface area contributed by atoms with Crippen LogP contribution in [0.1, 0.15) is 136 Å². The van der Waals surface area contributed by atoms with Gasteiger partial charge in [-0.2, -0.15) is 0 Å². The van der Waals surface area contributed by atoms with Crippen molar-refractivity contribution in [3.05, 3.63) is 24.3 Å². The van der Waals surface area contributed by atoms with Crippen LogP contribution in [0.5, 0.6) is 0 Å². The Kier molecular flexibility index (Phi) is 25.9. The zero-order valence-corrected chi connectivity index (χ0v) is 28.6. The lowest BCUT2D eigenvalue weighted by atomic mass is 9.99. The lowest BCUT2D eigenvalue weighted by Crippen LogP contribution is -2.59. The molecule has 1 fully saturated rings. The largest absolute Gasteiger partial charge is 0.462 e. The van der Waals surface area contributed by atoms with Crippen LogP contribution in [0.2, 0.25) is 0 Å². The fraction of sp³-hybridized carbons (Fsp3) is 0.833. The molecule has 268 valence electrons. The summed E-state index contributed by atoms with van der Waals surface area (Å²) in [5, 5.41) is 39.7. The zero-order valence-electron chi connectivity index (χ0n) is 28.6. The van der Waals surface area contributed by atoms with Gasteiger partial charge in [-0.05, 0) is 44.9 Å². The van der Waals surface area contributed by atoms with Gasteiger partial charge in [-0.1, -0.05) is 102 Å². The second-order valence-corrected chi connectivity index (χ2v) is 12.3. The lowest BCUT2D eigenvalue weighted by Gasteiger charge is -2.39. The van der Waals surface area contributed by atoms with Crippen LogP contribution in [0, 0.1) is 0 Å². The van der Waals surface area contributed by atoms with Gasteiger partial charge < -0.3 is 39.4 Å². The van der Waals surface area contributed by atoms with E-state index in [2.05, 4.69) is 38.2 Å². The average Bonchev–Trinajstić information content (AvgIpc) is 3.05. The number of aliphatic hydroxyl groups excluding tert-OH is 4. The Morgan fingerprint density at radius 1 is 0.674 bits per heavy atom. The minimum absolute atomic E-state index is 0.222. The Morgan fingerprint density at radius 2 is 1.22 bits per heavy atom. The standard InChI is InChI=1S/C36H64O10/c1-3-5-7-9-10-11-12-13-14-15-16-17-18-19-20-21-23-25-32(39)45-29(27-43-31(38)24-22-8-6-4-2)28-44-36-35(42)34(41)33(40)30(26-37)46-36/h10-11,13-14,29-30,33-37,40-42H,3-9,12,15-28H2,1-2H3/b11-10-,14-13-. The molecule has 4 N–H and O–H groups in total. The summed E-state index contributed by atoms with van der Waals surface area (Å²) in [6, 6.07) is 0. The topological polar surface area (TPSA) is 152 Å². The SMILES string of the molecule is CCCCC/C=C\C/C=C\CCCCCCCCCC(=O)OC(COC(=O)CCCCCC)COC1OC(CO)C(O)C(O)C1O. The van der Waals surface area contributed by atoms with Crippen LogP contribution >= 0.6 is 0 Å². The van der Waals surface area contributed by atoms with Gasteiger partial charge in [0.25, 0.3) is 0 Å². The second kappa shape index (κ2) is 28.2. The van der Waals surface area contributed by atoms with Gasteiger partial charge in [-0.3, -0.25) is 9.59 Å². The summed E-state index contributed by atoms with van der Waals surface area (Å²) in [5.41, 5.74) is 0. The molecule has 1 aliphatic rings. The molecule has 0 amide bonds. The number of rotatable bonds is 28. The highest BCUT2D eigenvalue weighted by Crippen LogP contribution is 2.22. The number of carbonyl (C=O) groups is 2. The highest BCUT2D eigenvalue weighted by Gasteiger charge is 2.44. The number of unbranched alkanes of at least 4 members (excludes halogenated alkanes) is 13. The van der Waals surface area contributed by atoms with E-state index in [1.165, 1.54) is 44.9 Å². The summed E-state index contributed by atoms with van der Waals surface area (Å²) in [6.07, 6.45) is 19.7. The predicted molar refractivity (Wildman–Crippen MR) is 178 cm³/mol. The molecule has 0 aromatic rings. The first kappa shape index (κ1) is 42.2. The molecule has 0 saturated carbocycles. The maximum Gasteiger partial charge on any atom is 0.306 e. The molecular weight excluding hydrogens is 592 g/mol. The number of esters is 2. The number of ether oxygens (including phenoxy) is 4. The van der Waals surface area contributed by atoms with E-state index in [1.54, 1.807) is 0 Å². The molecule has 10 nitrogen and oxygen atoms in total. The third-order valence-electron chi connectivity index (χ3n) is 8.09. The minimum atomic E-state index is -1.59. The van der Waals surface area contributed by atoms with Crippen molar-refractivity contribution in [3.8, 4) is 0 Å². The fourth-order valence-electron chi connectivity index (χ4n) is 5.16. The predicted octanol–water partition coefficient (Wildman–Crippen LogP) is 5.82. The molecule has 0 bridgehead atoms.